The monoisotopic (exact) mass is 337 g/mol. The second-order valence-electron chi connectivity index (χ2n) is 7.74. The molecule has 0 saturated carbocycles. The van der Waals surface area contributed by atoms with E-state index in [0.717, 1.165) is 24.7 Å². The zero-order valence-corrected chi connectivity index (χ0v) is 16.8. The Labute approximate surface area is 147 Å². The third kappa shape index (κ3) is 5.51. The summed E-state index contributed by atoms with van der Waals surface area (Å²) < 4.78 is 7.50. The maximum Gasteiger partial charge on any atom is 0.193 e. The normalized spacial score (nSPS) is 14.2. The molecule has 1 unspecified atom stereocenters. The molecule has 24 heavy (non-hydrogen) atoms. The summed E-state index contributed by atoms with van der Waals surface area (Å²) in [7, 11) is 7.58. The number of rotatable bonds is 6. The minimum atomic E-state index is 0.0767. The van der Waals surface area contributed by atoms with Crippen molar-refractivity contribution in [2.24, 2.45) is 17.5 Å². The highest BCUT2D eigenvalue weighted by atomic mass is 16.5. The van der Waals surface area contributed by atoms with Crippen molar-refractivity contribution < 1.29 is 4.74 Å². The van der Waals surface area contributed by atoms with Crippen molar-refractivity contribution in [3.8, 4) is 0 Å². The zero-order chi connectivity index (χ0) is 18.5. The maximum absolute atomic E-state index is 5.61. The minimum Gasteiger partial charge on any atom is -0.379 e. The van der Waals surface area contributed by atoms with Gasteiger partial charge in [0.1, 0.15) is 0 Å². The second-order valence-corrected chi connectivity index (χ2v) is 7.74. The van der Waals surface area contributed by atoms with Crippen LogP contribution in [-0.4, -0.2) is 54.5 Å². The van der Waals surface area contributed by atoms with Gasteiger partial charge in [0.25, 0.3) is 0 Å². The molecule has 1 aromatic heterocycles. The largest absolute Gasteiger partial charge is 0.379 e. The summed E-state index contributed by atoms with van der Waals surface area (Å²) in [6.07, 6.45) is 2.21. The van der Waals surface area contributed by atoms with Gasteiger partial charge in [0.05, 0.1) is 11.8 Å². The lowest BCUT2D eigenvalue weighted by Gasteiger charge is -2.31. The van der Waals surface area contributed by atoms with Gasteiger partial charge in [-0.2, -0.15) is 5.10 Å². The Hall–Kier alpha value is -1.56. The molecule has 0 spiro atoms. The molecule has 0 bridgehead atoms. The molecule has 0 aromatic carbocycles. The fourth-order valence-electron chi connectivity index (χ4n) is 2.80. The Morgan fingerprint density at radius 1 is 1.42 bits per heavy atom. The van der Waals surface area contributed by atoms with E-state index in [9.17, 15) is 0 Å². The number of hydrogen-bond acceptors (Lipinski definition) is 3. The molecule has 0 saturated heterocycles. The third-order valence-corrected chi connectivity index (χ3v) is 4.16. The van der Waals surface area contributed by atoms with E-state index in [1.807, 2.05) is 25.8 Å². The number of hydrogen-bond donors (Lipinski definition) is 1. The summed E-state index contributed by atoms with van der Waals surface area (Å²) in [5, 5.41) is 8.00. The van der Waals surface area contributed by atoms with Crippen LogP contribution in [0.2, 0.25) is 0 Å². The minimum absolute atomic E-state index is 0.0767. The molecule has 138 valence electrons. The number of aliphatic imine (C=N–C) groups is 1. The van der Waals surface area contributed by atoms with Gasteiger partial charge >= 0.3 is 0 Å². The average molecular weight is 338 g/mol. The molecular formula is C18H35N5O. The Bertz CT molecular complexity index is 542. The standard InChI is InChI=1S/C18H35N5O/c1-13(2)16-14(12-23(8)21-16)11-22(7)17(19-6)20-10-15(24-9)18(3,4)5/h12-13,15H,10-11H2,1-9H3,(H,19,20). The van der Waals surface area contributed by atoms with Crippen molar-refractivity contribution in [3.63, 3.8) is 0 Å². The first-order chi connectivity index (χ1) is 11.1. The second kappa shape index (κ2) is 8.51. The number of nitrogens with one attached hydrogen (secondary N) is 1. The van der Waals surface area contributed by atoms with Crippen molar-refractivity contribution >= 4 is 5.96 Å². The number of methoxy groups -OCH3 is 1. The molecule has 0 aliphatic rings. The van der Waals surface area contributed by atoms with Crippen molar-refractivity contribution in [3.05, 3.63) is 17.5 Å². The Kier molecular flexibility index (Phi) is 7.27. The highest BCUT2D eigenvalue weighted by molar-refractivity contribution is 5.79. The van der Waals surface area contributed by atoms with E-state index in [-0.39, 0.29) is 11.5 Å². The van der Waals surface area contributed by atoms with E-state index in [0.29, 0.717) is 5.92 Å². The van der Waals surface area contributed by atoms with Gasteiger partial charge in [-0.15, -0.1) is 0 Å². The first-order valence-corrected chi connectivity index (χ1v) is 8.57. The van der Waals surface area contributed by atoms with E-state index in [1.54, 1.807) is 7.11 Å². The zero-order valence-electron chi connectivity index (χ0n) is 16.8. The molecule has 1 rings (SSSR count). The van der Waals surface area contributed by atoms with E-state index in [4.69, 9.17) is 4.74 Å². The van der Waals surface area contributed by atoms with Gasteiger partial charge < -0.3 is 15.0 Å². The van der Waals surface area contributed by atoms with Gasteiger partial charge in [-0.25, -0.2) is 0 Å². The fraction of sp³-hybridized carbons (Fsp3) is 0.778. The smallest absolute Gasteiger partial charge is 0.193 e. The fourth-order valence-corrected chi connectivity index (χ4v) is 2.80. The lowest BCUT2D eigenvalue weighted by Crippen LogP contribution is -2.45. The number of ether oxygens (including phenoxy) is 1. The van der Waals surface area contributed by atoms with Gasteiger partial charge in [-0.3, -0.25) is 9.67 Å². The Morgan fingerprint density at radius 3 is 2.50 bits per heavy atom. The summed E-state index contributed by atoms with van der Waals surface area (Å²) in [4.78, 5) is 6.53. The number of aryl methyl sites for hydroxylation is 1. The molecule has 0 aliphatic carbocycles. The topological polar surface area (TPSA) is 54.7 Å². The van der Waals surface area contributed by atoms with Gasteiger partial charge in [0.2, 0.25) is 0 Å². The SMILES string of the molecule is CN=C(NCC(OC)C(C)(C)C)N(C)Cc1cn(C)nc1C(C)C. The van der Waals surface area contributed by atoms with Crippen LogP contribution in [0.15, 0.2) is 11.2 Å². The van der Waals surface area contributed by atoms with Crippen LogP contribution in [0.5, 0.6) is 0 Å². The summed E-state index contributed by atoms with van der Waals surface area (Å²) >= 11 is 0. The van der Waals surface area contributed by atoms with Crippen LogP contribution in [0, 0.1) is 5.41 Å². The number of nitrogens with zero attached hydrogens (tertiary/aromatic N) is 4. The number of aromatic nitrogens is 2. The van der Waals surface area contributed by atoms with E-state index >= 15 is 0 Å². The summed E-state index contributed by atoms with van der Waals surface area (Å²) in [6.45, 7) is 12.4. The Balaban J connectivity index is 2.76. The summed E-state index contributed by atoms with van der Waals surface area (Å²) in [5.41, 5.74) is 2.45. The molecule has 0 aliphatic heterocycles. The molecule has 6 heteroatoms. The van der Waals surface area contributed by atoms with E-state index in [2.05, 4.69) is 61.1 Å². The lowest BCUT2D eigenvalue weighted by atomic mass is 9.89. The molecule has 1 heterocycles. The van der Waals surface area contributed by atoms with Gasteiger partial charge in [-0.1, -0.05) is 34.6 Å². The molecule has 0 fully saturated rings. The third-order valence-electron chi connectivity index (χ3n) is 4.16. The van der Waals surface area contributed by atoms with Crippen LogP contribution in [0.3, 0.4) is 0 Å². The van der Waals surface area contributed by atoms with E-state index < -0.39 is 0 Å². The molecule has 1 atom stereocenters. The van der Waals surface area contributed by atoms with Crippen molar-refractivity contribution in [1.82, 2.24) is 20.0 Å². The molecule has 6 nitrogen and oxygen atoms in total. The van der Waals surface area contributed by atoms with Gasteiger partial charge in [0.15, 0.2) is 5.96 Å². The first kappa shape index (κ1) is 20.5. The molecule has 0 radical (unpaired) electrons. The van der Waals surface area contributed by atoms with Gasteiger partial charge in [-0.05, 0) is 11.3 Å². The van der Waals surface area contributed by atoms with Crippen LogP contribution in [0.4, 0.5) is 0 Å². The quantitative estimate of drug-likeness (QED) is 0.640. The predicted octanol–water partition coefficient (Wildman–Crippen LogP) is 2.61. The molecular weight excluding hydrogens is 302 g/mol. The molecule has 1 aromatic rings. The van der Waals surface area contributed by atoms with Crippen LogP contribution < -0.4 is 5.32 Å². The van der Waals surface area contributed by atoms with Crippen LogP contribution in [0.25, 0.3) is 0 Å². The van der Waals surface area contributed by atoms with Crippen molar-refractivity contribution in [2.75, 3.05) is 27.7 Å². The summed E-state index contributed by atoms with van der Waals surface area (Å²) in [6, 6.07) is 0. The molecule has 1 N–H and O–H groups in total. The van der Waals surface area contributed by atoms with Crippen LogP contribution >= 0.6 is 0 Å². The summed E-state index contributed by atoms with van der Waals surface area (Å²) in [5.74, 6) is 1.27. The van der Waals surface area contributed by atoms with Crippen molar-refractivity contribution in [2.45, 2.75) is 53.2 Å². The molecule has 0 amide bonds. The average Bonchev–Trinajstić information content (AvgIpc) is 2.83. The number of guanidine groups is 1. The van der Waals surface area contributed by atoms with Crippen LogP contribution in [0.1, 0.15) is 51.8 Å². The van der Waals surface area contributed by atoms with Gasteiger partial charge in [0, 0.05) is 53.1 Å². The highest BCUT2D eigenvalue weighted by Crippen LogP contribution is 2.21. The van der Waals surface area contributed by atoms with Crippen LogP contribution in [-0.2, 0) is 18.3 Å². The van der Waals surface area contributed by atoms with E-state index in [1.165, 1.54) is 5.56 Å². The highest BCUT2D eigenvalue weighted by Gasteiger charge is 2.25. The predicted molar refractivity (Wildman–Crippen MR) is 100 cm³/mol. The maximum atomic E-state index is 5.61. The van der Waals surface area contributed by atoms with Crippen molar-refractivity contribution in [1.29, 1.82) is 0 Å². The lowest BCUT2D eigenvalue weighted by molar-refractivity contribution is 0.0202. The Morgan fingerprint density at radius 2 is 2.04 bits per heavy atom. The first-order valence-electron chi connectivity index (χ1n) is 8.57.